The Morgan fingerprint density at radius 2 is 2.19 bits per heavy atom. The number of amides is 1. The zero-order chi connectivity index (χ0) is 12.1. The number of hydrogen-bond acceptors (Lipinski definition) is 3. The van der Waals surface area contributed by atoms with Crippen LogP contribution in [-0.2, 0) is 11.3 Å². The van der Waals surface area contributed by atoms with Gasteiger partial charge in [-0.05, 0) is 38.7 Å². The van der Waals surface area contributed by atoms with Crippen LogP contribution in [0.1, 0.15) is 12.5 Å². The topological polar surface area (TPSA) is 58.4 Å². The molecular weight excluding hydrogens is 202 g/mol. The van der Waals surface area contributed by atoms with E-state index < -0.39 is 6.04 Å². The Bertz CT molecular complexity index is 361. The highest BCUT2D eigenvalue weighted by atomic mass is 16.2. The first-order chi connectivity index (χ1) is 7.49. The summed E-state index contributed by atoms with van der Waals surface area (Å²) in [4.78, 5) is 13.5. The minimum Gasteiger partial charge on any atom is -0.325 e. The molecule has 0 bridgehead atoms. The summed E-state index contributed by atoms with van der Waals surface area (Å²) in [6.07, 6.45) is 0. The van der Waals surface area contributed by atoms with Crippen molar-refractivity contribution in [3.05, 3.63) is 29.8 Å². The van der Waals surface area contributed by atoms with Gasteiger partial charge >= 0.3 is 0 Å². The van der Waals surface area contributed by atoms with Crippen LogP contribution in [0.3, 0.4) is 0 Å². The van der Waals surface area contributed by atoms with Gasteiger partial charge < -0.3 is 16.0 Å². The first-order valence-electron chi connectivity index (χ1n) is 5.29. The summed E-state index contributed by atoms with van der Waals surface area (Å²) >= 11 is 0. The molecule has 1 amide bonds. The van der Waals surface area contributed by atoms with Crippen molar-refractivity contribution in [1.29, 1.82) is 0 Å². The third kappa shape index (κ3) is 4.00. The van der Waals surface area contributed by atoms with Crippen molar-refractivity contribution in [2.24, 2.45) is 5.73 Å². The predicted octanol–water partition coefficient (Wildman–Crippen LogP) is 1.03. The molecule has 4 heteroatoms. The molecule has 0 radical (unpaired) electrons. The maximum atomic E-state index is 11.4. The molecule has 0 saturated carbocycles. The smallest absolute Gasteiger partial charge is 0.240 e. The lowest BCUT2D eigenvalue weighted by Gasteiger charge is -2.12. The van der Waals surface area contributed by atoms with Crippen molar-refractivity contribution in [2.75, 3.05) is 19.4 Å². The van der Waals surface area contributed by atoms with E-state index in [0.717, 1.165) is 17.8 Å². The Balaban J connectivity index is 2.71. The van der Waals surface area contributed by atoms with Crippen LogP contribution in [0.4, 0.5) is 5.69 Å². The van der Waals surface area contributed by atoms with E-state index in [1.54, 1.807) is 6.92 Å². The highest BCUT2D eigenvalue weighted by Gasteiger charge is 2.07. The lowest BCUT2D eigenvalue weighted by molar-refractivity contribution is -0.117. The molecule has 0 saturated heterocycles. The van der Waals surface area contributed by atoms with Crippen molar-refractivity contribution in [2.45, 2.75) is 19.5 Å². The number of carbonyl (C=O) groups excluding carboxylic acids is 1. The van der Waals surface area contributed by atoms with E-state index in [0.29, 0.717) is 0 Å². The Hall–Kier alpha value is -1.39. The van der Waals surface area contributed by atoms with Crippen molar-refractivity contribution in [3.8, 4) is 0 Å². The van der Waals surface area contributed by atoms with Crippen LogP contribution in [0.5, 0.6) is 0 Å². The molecule has 3 N–H and O–H groups in total. The second kappa shape index (κ2) is 5.63. The van der Waals surface area contributed by atoms with E-state index in [1.165, 1.54) is 0 Å². The Kier molecular flexibility index (Phi) is 4.46. The van der Waals surface area contributed by atoms with Crippen molar-refractivity contribution in [3.63, 3.8) is 0 Å². The molecule has 88 valence electrons. The molecule has 1 aromatic carbocycles. The summed E-state index contributed by atoms with van der Waals surface area (Å²) in [5, 5.41) is 2.77. The Labute approximate surface area is 96.4 Å². The first kappa shape index (κ1) is 12.7. The van der Waals surface area contributed by atoms with Crippen LogP contribution in [0.15, 0.2) is 24.3 Å². The normalized spacial score (nSPS) is 12.6. The molecule has 0 heterocycles. The number of rotatable bonds is 4. The van der Waals surface area contributed by atoms with Gasteiger partial charge in [-0.15, -0.1) is 0 Å². The summed E-state index contributed by atoms with van der Waals surface area (Å²) < 4.78 is 0. The molecule has 1 atom stereocenters. The number of nitrogens with zero attached hydrogens (tertiary/aromatic N) is 1. The van der Waals surface area contributed by atoms with Crippen molar-refractivity contribution >= 4 is 11.6 Å². The van der Waals surface area contributed by atoms with Gasteiger partial charge in [0.2, 0.25) is 5.91 Å². The van der Waals surface area contributed by atoms with E-state index in [9.17, 15) is 4.79 Å². The van der Waals surface area contributed by atoms with Gasteiger partial charge in [0.25, 0.3) is 0 Å². The number of hydrogen-bond donors (Lipinski definition) is 2. The van der Waals surface area contributed by atoms with E-state index in [1.807, 2.05) is 38.4 Å². The van der Waals surface area contributed by atoms with Crippen LogP contribution in [-0.4, -0.2) is 30.9 Å². The molecule has 0 unspecified atom stereocenters. The molecule has 0 aliphatic carbocycles. The second-order valence-electron chi connectivity index (χ2n) is 4.22. The van der Waals surface area contributed by atoms with Gasteiger partial charge in [-0.25, -0.2) is 0 Å². The molecule has 1 aromatic rings. The average molecular weight is 221 g/mol. The highest BCUT2D eigenvalue weighted by molar-refractivity contribution is 5.94. The van der Waals surface area contributed by atoms with E-state index in [2.05, 4.69) is 10.2 Å². The first-order valence-corrected chi connectivity index (χ1v) is 5.29. The maximum Gasteiger partial charge on any atom is 0.240 e. The van der Waals surface area contributed by atoms with Crippen LogP contribution >= 0.6 is 0 Å². The molecule has 1 rings (SSSR count). The number of nitrogens with two attached hydrogens (primary N) is 1. The van der Waals surface area contributed by atoms with Gasteiger partial charge in [-0.2, -0.15) is 0 Å². The van der Waals surface area contributed by atoms with Crippen LogP contribution in [0.25, 0.3) is 0 Å². The van der Waals surface area contributed by atoms with E-state index in [-0.39, 0.29) is 5.91 Å². The predicted molar refractivity (Wildman–Crippen MR) is 66.1 cm³/mol. The SMILES string of the molecule is C[C@H](N)C(=O)Nc1cccc(CN(C)C)c1. The van der Waals surface area contributed by atoms with Gasteiger partial charge in [-0.3, -0.25) is 4.79 Å². The molecule has 4 nitrogen and oxygen atoms in total. The zero-order valence-electron chi connectivity index (χ0n) is 10.0. The minimum absolute atomic E-state index is 0.165. The maximum absolute atomic E-state index is 11.4. The molecule has 0 aliphatic heterocycles. The summed E-state index contributed by atoms with van der Waals surface area (Å²) in [5.41, 5.74) is 7.44. The van der Waals surface area contributed by atoms with Gasteiger partial charge in [0.15, 0.2) is 0 Å². The second-order valence-corrected chi connectivity index (χ2v) is 4.22. The zero-order valence-corrected chi connectivity index (χ0v) is 10.0. The van der Waals surface area contributed by atoms with E-state index >= 15 is 0 Å². The number of carbonyl (C=O) groups is 1. The van der Waals surface area contributed by atoms with Crippen LogP contribution in [0, 0.1) is 0 Å². The Morgan fingerprint density at radius 1 is 1.50 bits per heavy atom. The molecule has 16 heavy (non-hydrogen) atoms. The van der Waals surface area contributed by atoms with Gasteiger partial charge in [0.05, 0.1) is 6.04 Å². The minimum atomic E-state index is -0.488. The summed E-state index contributed by atoms with van der Waals surface area (Å²) in [6, 6.07) is 7.29. The third-order valence-electron chi connectivity index (χ3n) is 2.11. The Morgan fingerprint density at radius 3 is 2.75 bits per heavy atom. The highest BCUT2D eigenvalue weighted by Crippen LogP contribution is 2.11. The molecule has 0 fully saturated rings. The molecule has 0 aliphatic rings. The monoisotopic (exact) mass is 221 g/mol. The molecule has 0 aromatic heterocycles. The van der Waals surface area contributed by atoms with Gasteiger partial charge in [0.1, 0.15) is 0 Å². The quantitative estimate of drug-likeness (QED) is 0.798. The third-order valence-corrected chi connectivity index (χ3v) is 2.11. The van der Waals surface area contributed by atoms with E-state index in [4.69, 9.17) is 5.73 Å². The lowest BCUT2D eigenvalue weighted by atomic mass is 10.2. The number of benzene rings is 1. The largest absolute Gasteiger partial charge is 0.325 e. The number of anilines is 1. The van der Waals surface area contributed by atoms with Crippen molar-refractivity contribution < 1.29 is 4.79 Å². The number of nitrogens with one attached hydrogen (secondary N) is 1. The van der Waals surface area contributed by atoms with Gasteiger partial charge in [0, 0.05) is 12.2 Å². The van der Waals surface area contributed by atoms with Gasteiger partial charge in [-0.1, -0.05) is 12.1 Å². The van der Waals surface area contributed by atoms with Crippen LogP contribution < -0.4 is 11.1 Å². The lowest BCUT2D eigenvalue weighted by Crippen LogP contribution is -2.32. The molecular formula is C12H19N3O. The summed E-state index contributed by atoms with van der Waals surface area (Å²) in [7, 11) is 4.01. The molecule has 0 spiro atoms. The van der Waals surface area contributed by atoms with Crippen LogP contribution in [0.2, 0.25) is 0 Å². The fourth-order valence-electron chi connectivity index (χ4n) is 1.37. The average Bonchev–Trinajstić information content (AvgIpc) is 2.16. The van der Waals surface area contributed by atoms with Crippen molar-refractivity contribution in [1.82, 2.24) is 4.90 Å². The standard InChI is InChI=1S/C12H19N3O/c1-9(13)12(16)14-11-6-4-5-10(7-11)8-15(2)3/h4-7,9H,8,13H2,1-3H3,(H,14,16)/t9-/m0/s1. The summed E-state index contributed by atoms with van der Waals surface area (Å²) in [6.45, 7) is 2.51. The summed E-state index contributed by atoms with van der Waals surface area (Å²) in [5.74, 6) is -0.165. The fourth-order valence-corrected chi connectivity index (χ4v) is 1.37. The fraction of sp³-hybridized carbons (Fsp3) is 0.417.